The van der Waals surface area contributed by atoms with Crippen molar-refractivity contribution in [3.05, 3.63) is 52.0 Å². The summed E-state index contributed by atoms with van der Waals surface area (Å²) < 4.78 is 6.47. The van der Waals surface area contributed by atoms with E-state index in [1.807, 2.05) is 25.1 Å². The lowest BCUT2D eigenvalue weighted by Gasteiger charge is -2.30. The summed E-state index contributed by atoms with van der Waals surface area (Å²) in [5.74, 6) is 0.00333. The molecule has 0 aromatic heterocycles. The maximum absolute atomic E-state index is 12.5. The van der Waals surface area contributed by atoms with Gasteiger partial charge in [0.15, 0.2) is 11.9 Å². The number of halogens is 1. The van der Waals surface area contributed by atoms with E-state index >= 15 is 0 Å². The standard InChI is InChI=1S/C21H21BrN2O4/c1-12-4-6-15(11-16(12)22)23-20(26)9-7-18(25)14-5-8-19-17(10-14)24(3)21(27)13(2)28-19/h4-6,8,10-11,13H,7,9H2,1-3H3,(H,23,26). The van der Waals surface area contributed by atoms with Crippen LogP contribution in [0.25, 0.3) is 0 Å². The van der Waals surface area contributed by atoms with Crippen molar-refractivity contribution < 1.29 is 19.1 Å². The molecule has 0 spiro atoms. The number of amides is 2. The van der Waals surface area contributed by atoms with Gasteiger partial charge in [0.25, 0.3) is 5.91 Å². The maximum atomic E-state index is 12.5. The summed E-state index contributed by atoms with van der Waals surface area (Å²) in [7, 11) is 1.65. The Morgan fingerprint density at radius 1 is 1.18 bits per heavy atom. The number of carbonyl (C=O) groups is 3. The Balaban J connectivity index is 1.63. The Morgan fingerprint density at radius 3 is 2.64 bits per heavy atom. The van der Waals surface area contributed by atoms with E-state index in [0.717, 1.165) is 10.0 Å². The van der Waals surface area contributed by atoms with E-state index in [1.54, 1.807) is 32.2 Å². The molecular formula is C21H21BrN2O4. The highest BCUT2D eigenvalue weighted by molar-refractivity contribution is 9.10. The second-order valence-electron chi connectivity index (χ2n) is 6.78. The molecule has 1 aliphatic heterocycles. The van der Waals surface area contributed by atoms with Crippen LogP contribution in [-0.4, -0.2) is 30.7 Å². The zero-order chi connectivity index (χ0) is 20.4. The van der Waals surface area contributed by atoms with E-state index in [1.165, 1.54) is 4.90 Å². The van der Waals surface area contributed by atoms with Gasteiger partial charge < -0.3 is 15.0 Å². The smallest absolute Gasteiger partial charge is 0.267 e. The molecule has 3 rings (SSSR count). The molecule has 0 saturated carbocycles. The molecule has 7 heteroatoms. The van der Waals surface area contributed by atoms with E-state index in [2.05, 4.69) is 21.2 Å². The number of rotatable bonds is 5. The molecule has 6 nitrogen and oxygen atoms in total. The van der Waals surface area contributed by atoms with E-state index in [4.69, 9.17) is 4.74 Å². The van der Waals surface area contributed by atoms with E-state index in [9.17, 15) is 14.4 Å². The van der Waals surface area contributed by atoms with Crippen LogP contribution >= 0.6 is 15.9 Å². The van der Waals surface area contributed by atoms with Gasteiger partial charge in [0, 0.05) is 35.6 Å². The fourth-order valence-corrected chi connectivity index (χ4v) is 3.33. The van der Waals surface area contributed by atoms with Crippen molar-refractivity contribution in [1.82, 2.24) is 0 Å². The molecule has 1 unspecified atom stereocenters. The molecule has 2 amide bonds. The van der Waals surface area contributed by atoms with Crippen LogP contribution in [0.2, 0.25) is 0 Å². The molecule has 1 N–H and O–H groups in total. The molecule has 2 aromatic rings. The summed E-state index contributed by atoms with van der Waals surface area (Å²) in [6, 6.07) is 10.5. The van der Waals surface area contributed by atoms with Crippen LogP contribution in [-0.2, 0) is 9.59 Å². The summed E-state index contributed by atoms with van der Waals surface area (Å²) in [4.78, 5) is 38.2. The number of anilines is 2. The van der Waals surface area contributed by atoms with Gasteiger partial charge in [0.1, 0.15) is 5.75 Å². The van der Waals surface area contributed by atoms with Crippen LogP contribution in [0.4, 0.5) is 11.4 Å². The molecule has 1 aliphatic rings. The van der Waals surface area contributed by atoms with E-state index in [-0.39, 0.29) is 30.4 Å². The Labute approximate surface area is 172 Å². The van der Waals surface area contributed by atoms with Crippen LogP contribution in [0.15, 0.2) is 40.9 Å². The molecule has 0 radical (unpaired) electrons. The predicted molar refractivity (Wildman–Crippen MR) is 111 cm³/mol. The first-order chi connectivity index (χ1) is 13.3. The number of ether oxygens (including phenoxy) is 1. The van der Waals surface area contributed by atoms with Gasteiger partial charge in [-0.05, 0) is 49.7 Å². The monoisotopic (exact) mass is 444 g/mol. The number of nitrogens with zero attached hydrogens (tertiary/aromatic N) is 1. The predicted octanol–water partition coefficient (Wildman–Crippen LogP) is 4.10. The molecule has 146 valence electrons. The molecule has 2 aromatic carbocycles. The van der Waals surface area contributed by atoms with Gasteiger partial charge in [-0.2, -0.15) is 0 Å². The number of benzene rings is 2. The average molecular weight is 445 g/mol. The minimum absolute atomic E-state index is 0.0731. The number of nitrogens with one attached hydrogen (secondary N) is 1. The van der Waals surface area contributed by atoms with Crippen molar-refractivity contribution in [3.63, 3.8) is 0 Å². The number of aryl methyl sites for hydroxylation is 1. The Hall–Kier alpha value is -2.67. The van der Waals surface area contributed by atoms with Gasteiger partial charge in [-0.1, -0.05) is 22.0 Å². The van der Waals surface area contributed by atoms with Crippen molar-refractivity contribution in [2.45, 2.75) is 32.8 Å². The topological polar surface area (TPSA) is 75.7 Å². The Bertz CT molecular complexity index is 957. The van der Waals surface area contributed by atoms with Crippen LogP contribution < -0.4 is 15.0 Å². The first kappa shape index (κ1) is 20.1. The van der Waals surface area contributed by atoms with Crippen molar-refractivity contribution in [2.75, 3.05) is 17.3 Å². The molecule has 0 fully saturated rings. The largest absolute Gasteiger partial charge is 0.479 e. The zero-order valence-corrected chi connectivity index (χ0v) is 17.5. The molecule has 0 aliphatic carbocycles. The zero-order valence-electron chi connectivity index (χ0n) is 15.9. The van der Waals surface area contributed by atoms with Crippen molar-refractivity contribution >= 4 is 44.9 Å². The molecule has 0 bridgehead atoms. The van der Waals surface area contributed by atoms with Crippen molar-refractivity contribution in [1.29, 1.82) is 0 Å². The highest BCUT2D eigenvalue weighted by Crippen LogP contribution is 2.34. The van der Waals surface area contributed by atoms with Gasteiger partial charge >= 0.3 is 0 Å². The van der Waals surface area contributed by atoms with E-state index in [0.29, 0.717) is 22.7 Å². The minimum atomic E-state index is -0.551. The van der Waals surface area contributed by atoms with Crippen LogP contribution in [0.3, 0.4) is 0 Å². The molecule has 0 saturated heterocycles. The van der Waals surface area contributed by atoms with Gasteiger partial charge in [-0.25, -0.2) is 0 Å². The summed E-state index contributed by atoms with van der Waals surface area (Å²) in [6.45, 7) is 3.65. The van der Waals surface area contributed by atoms with Gasteiger partial charge in [-0.15, -0.1) is 0 Å². The first-order valence-electron chi connectivity index (χ1n) is 8.93. The van der Waals surface area contributed by atoms with Crippen LogP contribution in [0.1, 0.15) is 35.7 Å². The maximum Gasteiger partial charge on any atom is 0.267 e. The second kappa shape index (κ2) is 8.14. The molecule has 28 heavy (non-hydrogen) atoms. The average Bonchev–Trinajstić information content (AvgIpc) is 2.67. The fraction of sp³-hybridized carbons (Fsp3) is 0.286. The van der Waals surface area contributed by atoms with Crippen molar-refractivity contribution in [3.8, 4) is 5.75 Å². The van der Waals surface area contributed by atoms with Crippen LogP contribution in [0, 0.1) is 6.92 Å². The fourth-order valence-electron chi connectivity index (χ4n) is 2.95. The summed E-state index contributed by atoms with van der Waals surface area (Å²) >= 11 is 3.43. The van der Waals surface area contributed by atoms with Crippen LogP contribution in [0.5, 0.6) is 5.75 Å². The third-order valence-electron chi connectivity index (χ3n) is 4.66. The molecule has 1 heterocycles. The summed E-state index contributed by atoms with van der Waals surface area (Å²) in [6.07, 6.45) is -0.402. The number of hydrogen-bond donors (Lipinski definition) is 1. The SMILES string of the molecule is Cc1ccc(NC(=O)CCC(=O)c2ccc3c(c2)N(C)C(=O)C(C)O3)cc1Br. The quantitative estimate of drug-likeness (QED) is 0.704. The Kier molecular flexibility index (Phi) is 5.84. The highest BCUT2D eigenvalue weighted by Gasteiger charge is 2.29. The first-order valence-corrected chi connectivity index (χ1v) is 9.73. The lowest BCUT2D eigenvalue weighted by atomic mass is 10.0. The minimum Gasteiger partial charge on any atom is -0.479 e. The lowest BCUT2D eigenvalue weighted by molar-refractivity contribution is -0.125. The van der Waals surface area contributed by atoms with Gasteiger partial charge in [0.05, 0.1) is 5.69 Å². The summed E-state index contributed by atoms with van der Waals surface area (Å²) in [5, 5.41) is 2.79. The molecular weight excluding hydrogens is 424 g/mol. The Morgan fingerprint density at radius 2 is 1.93 bits per heavy atom. The second-order valence-corrected chi connectivity index (χ2v) is 7.63. The number of Topliss-reactive ketones (excluding diaryl/α,β-unsaturated/α-hetero) is 1. The third kappa shape index (κ3) is 4.25. The van der Waals surface area contributed by atoms with Crippen molar-refractivity contribution in [2.24, 2.45) is 0 Å². The third-order valence-corrected chi connectivity index (χ3v) is 5.51. The highest BCUT2D eigenvalue weighted by atomic mass is 79.9. The number of fused-ring (bicyclic) bond motifs is 1. The van der Waals surface area contributed by atoms with Gasteiger partial charge in [-0.3, -0.25) is 14.4 Å². The number of carbonyl (C=O) groups excluding carboxylic acids is 3. The van der Waals surface area contributed by atoms with E-state index < -0.39 is 6.10 Å². The summed E-state index contributed by atoms with van der Waals surface area (Å²) in [5.41, 5.74) is 2.75. The lowest BCUT2D eigenvalue weighted by Crippen LogP contribution is -2.42. The van der Waals surface area contributed by atoms with Gasteiger partial charge in [0.2, 0.25) is 5.91 Å². The number of ketones is 1. The number of hydrogen-bond acceptors (Lipinski definition) is 4. The molecule has 1 atom stereocenters. The number of likely N-dealkylation sites (N-methyl/N-ethyl adjacent to an activating group) is 1. The normalized spacial score (nSPS) is 15.6.